The molecule has 10 N–H and O–H groups in total. The van der Waals surface area contributed by atoms with Crippen molar-refractivity contribution < 1.29 is 28.0 Å². The number of hydrogen-bond donors (Lipinski definition) is 9. The van der Waals surface area contributed by atoms with E-state index in [1.54, 1.807) is 57.5 Å². The number of aromatic amines is 8. The van der Waals surface area contributed by atoms with Crippen molar-refractivity contribution in [3.8, 4) is 147 Å². The van der Waals surface area contributed by atoms with Gasteiger partial charge in [0.1, 0.15) is 46.4 Å². The Morgan fingerprint density at radius 3 is 1.30 bits per heavy atom. The molecule has 0 saturated carbocycles. The number of non-ortho nitro benzene ring substituents is 1. The van der Waals surface area contributed by atoms with Crippen LogP contribution in [-0.2, 0) is 0 Å². The number of nitro groups is 1. The number of anilines is 1. The van der Waals surface area contributed by atoms with Crippen LogP contribution >= 0.6 is 15.9 Å². The molecule has 0 amide bonds. The van der Waals surface area contributed by atoms with Crippen molar-refractivity contribution >= 4 is 76.7 Å². The molecule has 0 atom stereocenters. The lowest BCUT2D eigenvalue weighted by atomic mass is 10.0. The van der Waals surface area contributed by atoms with Crippen LogP contribution in [-0.4, -0.2) is 84.7 Å². The van der Waals surface area contributed by atoms with E-state index in [0.717, 1.165) is 195 Å². The number of imidazole rings is 4. The minimum absolute atomic E-state index is 0.0151. The highest BCUT2D eigenvalue weighted by molar-refractivity contribution is 9.10. The van der Waals surface area contributed by atoms with Crippen LogP contribution in [0.3, 0.4) is 0 Å². The summed E-state index contributed by atoms with van der Waals surface area (Å²) in [5.41, 5.74) is 31.3. The molecule has 8 aromatic heterocycles. The Balaban J connectivity index is 0.000000114. The minimum Gasteiger partial charge on any atom is -0.497 e. The fourth-order valence-electron chi connectivity index (χ4n) is 15.0. The molecule has 22 heteroatoms. The van der Waals surface area contributed by atoms with Gasteiger partial charge >= 0.3 is 0 Å². The number of nitrogen functional groups attached to an aromatic ring is 1. The zero-order valence-corrected chi connectivity index (χ0v) is 66.9. The lowest BCUT2D eigenvalue weighted by molar-refractivity contribution is -0.384. The van der Waals surface area contributed by atoms with Crippen LogP contribution in [0.5, 0.6) is 11.5 Å². The van der Waals surface area contributed by atoms with E-state index in [0.29, 0.717) is 22.5 Å². The number of H-pyrrole nitrogens is 8. The van der Waals surface area contributed by atoms with E-state index in [2.05, 4.69) is 98.3 Å². The number of aryl methyl sites for hydroxylation is 2. The maximum Gasteiger partial charge on any atom is 0.270 e. The van der Waals surface area contributed by atoms with Gasteiger partial charge in [-0.05, 0) is 142 Å². The second kappa shape index (κ2) is 33.3. The van der Waals surface area contributed by atoms with Gasteiger partial charge in [-0.1, -0.05) is 174 Å². The number of Topliss-reactive ketones (excluding diaryl/α,β-unsaturated/α-hetero) is 1. The molecular formula is C98H75BrF2N14O5. The number of ketones is 1. The Hall–Kier alpha value is -15.6. The van der Waals surface area contributed by atoms with Crippen molar-refractivity contribution in [1.82, 2.24) is 59.8 Å². The first-order chi connectivity index (χ1) is 58.5. The van der Waals surface area contributed by atoms with Crippen LogP contribution in [0.1, 0.15) is 28.7 Å². The molecule has 0 fully saturated rings. The monoisotopic (exact) mass is 1640 g/mol. The average molecular weight is 1650 g/mol. The van der Waals surface area contributed by atoms with Crippen molar-refractivity contribution in [2.24, 2.45) is 0 Å². The Morgan fingerprint density at radius 1 is 0.392 bits per heavy atom. The quantitative estimate of drug-likeness (QED) is 0.0191. The van der Waals surface area contributed by atoms with Crippen molar-refractivity contribution in [2.75, 3.05) is 20.0 Å². The molecule has 0 radical (unpaired) electrons. The van der Waals surface area contributed by atoms with Crippen LogP contribution in [0, 0.1) is 35.6 Å². The van der Waals surface area contributed by atoms with E-state index >= 15 is 0 Å². The second-order valence-corrected chi connectivity index (χ2v) is 29.5. The molecule has 20 aromatic rings. The maximum absolute atomic E-state index is 13.5. The minimum atomic E-state index is -0.410. The average Bonchev–Trinajstić information content (AvgIpc) is 1.60. The Kier molecular flexibility index (Phi) is 21.4. The van der Waals surface area contributed by atoms with Gasteiger partial charge in [0.15, 0.2) is 5.78 Å². The third-order valence-electron chi connectivity index (χ3n) is 20.9. The van der Waals surface area contributed by atoms with Crippen LogP contribution in [0.4, 0.5) is 20.2 Å². The zero-order valence-electron chi connectivity index (χ0n) is 65.4. The third-order valence-corrected chi connectivity index (χ3v) is 21.4. The van der Waals surface area contributed by atoms with Crippen molar-refractivity contribution in [3.63, 3.8) is 0 Å². The van der Waals surface area contributed by atoms with Gasteiger partial charge in [0, 0.05) is 162 Å². The molecule has 19 nitrogen and oxygen atoms in total. The highest BCUT2D eigenvalue weighted by atomic mass is 79.9. The molecule has 0 aliphatic carbocycles. The van der Waals surface area contributed by atoms with Crippen LogP contribution in [0.25, 0.3) is 179 Å². The van der Waals surface area contributed by atoms with Gasteiger partial charge in [-0.2, -0.15) is 0 Å². The van der Waals surface area contributed by atoms with Crippen LogP contribution in [0.2, 0.25) is 0 Å². The molecule has 0 aliphatic heterocycles. The van der Waals surface area contributed by atoms with E-state index in [1.165, 1.54) is 30.3 Å². The maximum atomic E-state index is 13.5. The first-order valence-corrected chi connectivity index (χ1v) is 39.2. The number of methoxy groups -OCH3 is 2. The number of halogens is 3. The molecule has 0 aliphatic rings. The summed E-state index contributed by atoms with van der Waals surface area (Å²) in [6, 6.07) is 91.1. The van der Waals surface area contributed by atoms with Gasteiger partial charge in [0.25, 0.3) is 5.69 Å². The SMILES string of the molecule is CC(=O)c1ccc2c(-c3nc(-c4ccccc4)c(-c4ccccc4)[nH]3)c[nH]c2c1.COc1cccc(-c2nc(-c3c[nH]c4ccc(Br)cc34)[nH]c2-c2cccc(OC)c2)c1.Cc1[nH]c2ccc(N)cc2c1-c1nc(-c2ccccc2)c(-c2ccc(F)cc2)[nH]1.Cc1[nH]c2ccc([N+](=O)[O-])cc2c1-c1nc(-c2ccccc2)c(-c2ccc(F)cc2)[nH]1. The summed E-state index contributed by atoms with van der Waals surface area (Å²) in [6.07, 6.45) is 3.93. The van der Waals surface area contributed by atoms with E-state index in [1.807, 2.05) is 208 Å². The second-order valence-electron chi connectivity index (χ2n) is 28.6. The third kappa shape index (κ3) is 15.8. The number of fused-ring (bicyclic) bond motifs is 4. The summed E-state index contributed by atoms with van der Waals surface area (Å²) in [5.74, 6) is 3.97. The number of nitrogens with two attached hydrogens (primary N) is 1. The molecular weight excluding hydrogens is 1570 g/mol. The van der Waals surface area contributed by atoms with Crippen LogP contribution < -0.4 is 15.2 Å². The molecule has 0 bridgehead atoms. The number of aromatic nitrogens is 12. The van der Waals surface area contributed by atoms with Gasteiger partial charge in [0.2, 0.25) is 0 Å². The Labute approximate surface area is 694 Å². The van der Waals surface area contributed by atoms with Gasteiger partial charge in [-0.15, -0.1) is 0 Å². The predicted molar refractivity (Wildman–Crippen MR) is 478 cm³/mol. The standard InChI is InChI=1S/C25H20BrN3O2.C25H19N3O.C24H17FN4O2.C24H19FN4/c1-30-18-7-3-5-15(11-18)23-24(16-6-4-8-19(12-16)31-2)29-25(28-23)21-14-27-22-10-9-17(26)13-20(21)22;1-16(29)19-12-13-20-21(15-26-22(20)14-19)25-27-23(17-8-4-2-5-9-17)24(28-25)18-10-6-3-7-11-18;1-14-21(19-13-18(29(30)31)11-12-20(19)26-14)24-27-22(15-5-3-2-4-6-15)23(28-24)16-7-9-17(25)10-8-16;1-14-21(19-13-18(26)11-12-20(19)27-14)24-28-22(15-5-3-2-4-6-15)23(29-24)16-7-9-17(25)10-8-16/h3-14,27H,1-2H3,(H,28,29);2-15,26H,1H3,(H,27,28);2-13,26H,1H3,(H,27,28);2-13,27H,26H2,1H3,(H,28,29). The number of benzene rings is 12. The summed E-state index contributed by atoms with van der Waals surface area (Å²) in [6.45, 7) is 5.51. The largest absolute Gasteiger partial charge is 0.497 e. The Bertz CT molecular complexity index is 7030. The predicted octanol–water partition coefficient (Wildman–Crippen LogP) is 24.9. The van der Waals surface area contributed by atoms with Gasteiger partial charge in [-0.25, -0.2) is 28.7 Å². The molecule has 0 saturated heterocycles. The highest BCUT2D eigenvalue weighted by Crippen LogP contribution is 2.43. The number of rotatable bonds is 16. The fourth-order valence-corrected chi connectivity index (χ4v) is 15.4. The molecule has 8 heterocycles. The number of carbonyl (C=O) groups is 1. The van der Waals surface area contributed by atoms with E-state index in [4.69, 9.17) is 35.1 Å². The number of ether oxygens (including phenoxy) is 2. The summed E-state index contributed by atoms with van der Waals surface area (Å²) >= 11 is 3.58. The van der Waals surface area contributed by atoms with Gasteiger partial charge in [0.05, 0.1) is 64.7 Å². The molecule has 0 unspecified atom stereocenters. The normalized spacial score (nSPS) is 11.1. The molecule has 20 rings (SSSR count). The number of nitrogens with one attached hydrogen (secondary N) is 8. The van der Waals surface area contributed by atoms with E-state index in [9.17, 15) is 23.7 Å². The lowest BCUT2D eigenvalue weighted by Crippen LogP contribution is -1.90. The first-order valence-electron chi connectivity index (χ1n) is 38.4. The number of nitrogens with zero attached hydrogens (tertiary/aromatic N) is 5. The lowest BCUT2D eigenvalue weighted by Gasteiger charge is -2.07. The first kappa shape index (κ1) is 77.0. The number of carbonyl (C=O) groups excluding carboxylic acids is 1. The summed E-state index contributed by atoms with van der Waals surface area (Å²) in [7, 11) is 3.34. The zero-order chi connectivity index (χ0) is 82.7. The topological polar surface area (TPSA) is 283 Å². The van der Waals surface area contributed by atoms with Crippen molar-refractivity contribution in [3.05, 3.63) is 347 Å². The number of hydrogen-bond acceptors (Lipinski definition) is 10. The number of nitro benzene ring substituents is 1. The van der Waals surface area contributed by atoms with E-state index < -0.39 is 4.92 Å². The molecule has 120 heavy (non-hydrogen) atoms. The van der Waals surface area contributed by atoms with Crippen molar-refractivity contribution in [1.29, 1.82) is 0 Å². The summed E-state index contributed by atoms with van der Waals surface area (Å²) < 4.78 is 38.9. The van der Waals surface area contributed by atoms with Crippen molar-refractivity contribution in [2.45, 2.75) is 20.8 Å². The Morgan fingerprint density at radius 2 is 0.800 bits per heavy atom. The summed E-state index contributed by atoms with van der Waals surface area (Å²) in [5, 5.41) is 15.2. The van der Waals surface area contributed by atoms with E-state index in [-0.39, 0.29) is 23.1 Å². The molecule has 588 valence electrons. The van der Waals surface area contributed by atoms with Crippen LogP contribution in [0.15, 0.2) is 308 Å². The van der Waals surface area contributed by atoms with Gasteiger partial charge in [-0.3, -0.25) is 14.9 Å². The fraction of sp³-hybridized carbons (Fsp3) is 0.0510. The highest BCUT2D eigenvalue weighted by Gasteiger charge is 2.26. The molecule has 0 spiro atoms. The summed E-state index contributed by atoms with van der Waals surface area (Å²) in [4.78, 5) is 69.6. The molecule has 12 aromatic carbocycles. The van der Waals surface area contributed by atoms with Gasteiger partial charge < -0.3 is 55.1 Å². The smallest absolute Gasteiger partial charge is 0.270 e.